The van der Waals surface area contributed by atoms with Gasteiger partial charge in [0.15, 0.2) is 0 Å². The van der Waals surface area contributed by atoms with Crippen molar-refractivity contribution in [2.45, 2.75) is 31.7 Å². The van der Waals surface area contributed by atoms with Gasteiger partial charge in [0.1, 0.15) is 6.04 Å². The van der Waals surface area contributed by atoms with Crippen molar-refractivity contribution in [3.63, 3.8) is 0 Å². The van der Waals surface area contributed by atoms with Crippen LogP contribution in [0.1, 0.15) is 25.7 Å². The summed E-state index contributed by atoms with van der Waals surface area (Å²) in [6.07, 6.45) is 7.14. The number of nitrogens with zero attached hydrogens (tertiary/aromatic N) is 3. The number of hydrogen-bond acceptors (Lipinski definition) is 4. The number of amides is 2. The molecule has 2 amide bonds. The van der Waals surface area contributed by atoms with Gasteiger partial charge in [0.2, 0.25) is 5.91 Å². The highest BCUT2D eigenvalue weighted by Crippen LogP contribution is 2.18. The fourth-order valence-electron chi connectivity index (χ4n) is 2.92. The van der Waals surface area contributed by atoms with Crippen LogP contribution >= 0.6 is 0 Å². The summed E-state index contributed by atoms with van der Waals surface area (Å²) in [6.45, 7) is 3.09. The third-order valence-electron chi connectivity index (χ3n) is 4.05. The molecule has 0 radical (unpaired) electrons. The van der Waals surface area contributed by atoms with E-state index in [1.165, 1.54) is 0 Å². The van der Waals surface area contributed by atoms with E-state index in [0.717, 1.165) is 38.9 Å². The second-order valence-electron chi connectivity index (χ2n) is 5.29. The van der Waals surface area contributed by atoms with Crippen LogP contribution in [0.5, 0.6) is 0 Å². The smallest absolute Gasteiger partial charge is 0.250 e. The first-order valence-corrected chi connectivity index (χ1v) is 7.04. The third-order valence-corrected chi connectivity index (χ3v) is 4.05. The van der Waals surface area contributed by atoms with Crippen molar-refractivity contribution in [2.75, 3.05) is 26.2 Å². The molecule has 0 aromatic heterocycles. The minimum atomic E-state index is -0.0908. The molecule has 2 fully saturated rings. The monoisotopic (exact) mass is 264 g/mol. The van der Waals surface area contributed by atoms with Crippen LogP contribution in [0.15, 0.2) is 12.4 Å². The first kappa shape index (κ1) is 12.5. The molecule has 3 aliphatic heterocycles. The van der Waals surface area contributed by atoms with Gasteiger partial charge in [-0.2, -0.15) is 0 Å². The summed E-state index contributed by atoms with van der Waals surface area (Å²) in [6, 6.07) is -0.0908. The second kappa shape index (κ2) is 5.21. The van der Waals surface area contributed by atoms with Crippen molar-refractivity contribution in [1.29, 1.82) is 0 Å². The van der Waals surface area contributed by atoms with Gasteiger partial charge in [0.25, 0.3) is 5.91 Å². The van der Waals surface area contributed by atoms with E-state index in [4.69, 9.17) is 0 Å². The summed E-state index contributed by atoms with van der Waals surface area (Å²) in [4.78, 5) is 27.8. The van der Waals surface area contributed by atoms with Crippen LogP contribution in [0.25, 0.3) is 0 Å². The Kier molecular flexibility index (Phi) is 3.42. The number of likely N-dealkylation sites (tertiary alicyclic amines) is 1. The second-order valence-corrected chi connectivity index (χ2v) is 5.29. The lowest BCUT2D eigenvalue weighted by molar-refractivity contribution is -0.135. The van der Waals surface area contributed by atoms with Crippen molar-refractivity contribution in [3.05, 3.63) is 12.4 Å². The Morgan fingerprint density at radius 2 is 2.11 bits per heavy atom. The maximum absolute atomic E-state index is 12.2. The van der Waals surface area contributed by atoms with Crippen LogP contribution in [-0.4, -0.2) is 58.8 Å². The van der Waals surface area contributed by atoms with Crippen LogP contribution in [0.4, 0.5) is 0 Å². The minimum Gasteiger partial charge on any atom is -0.343 e. The largest absolute Gasteiger partial charge is 0.343 e. The first-order chi connectivity index (χ1) is 9.25. The fourth-order valence-corrected chi connectivity index (χ4v) is 2.92. The molecule has 6 nitrogen and oxygen atoms in total. The molecular weight excluding hydrogens is 244 g/mol. The summed E-state index contributed by atoms with van der Waals surface area (Å²) in [5, 5.41) is 1.86. The number of fused-ring (bicyclic) bond motifs is 1. The lowest BCUT2D eigenvalue weighted by atomic mass is 10.1. The summed E-state index contributed by atoms with van der Waals surface area (Å²) in [5.41, 5.74) is 3.14. The van der Waals surface area contributed by atoms with Crippen molar-refractivity contribution >= 4 is 11.8 Å². The molecule has 1 unspecified atom stereocenters. The standard InChI is InChI=1S/C13H20N4O2/c18-12(15-6-1-2-7-15)4-8-16-9-10-17-11(13(16)19)3-5-14-17/h9-11,14H,1-8H2. The number of nitrogens with one attached hydrogen (secondary N) is 1. The summed E-state index contributed by atoms with van der Waals surface area (Å²) >= 11 is 0. The van der Waals surface area contributed by atoms with Gasteiger partial charge in [0.05, 0.1) is 0 Å². The number of hydrogen-bond donors (Lipinski definition) is 1. The maximum Gasteiger partial charge on any atom is 0.250 e. The van der Waals surface area contributed by atoms with Gasteiger partial charge in [0, 0.05) is 45.0 Å². The predicted molar refractivity (Wildman–Crippen MR) is 69.5 cm³/mol. The highest BCUT2D eigenvalue weighted by molar-refractivity contribution is 5.85. The summed E-state index contributed by atoms with van der Waals surface area (Å²) in [5.74, 6) is 0.271. The number of carbonyl (C=O) groups is 2. The lowest BCUT2D eigenvalue weighted by Gasteiger charge is -2.32. The molecule has 6 heteroatoms. The quantitative estimate of drug-likeness (QED) is 0.773. The van der Waals surface area contributed by atoms with Gasteiger partial charge in [-0.05, 0) is 19.3 Å². The van der Waals surface area contributed by atoms with Crippen molar-refractivity contribution < 1.29 is 9.59 Å². The Balaban J connectivity index is 1.54. The van der Waals surface area contributed by atoms with Gasteiger partial charge < -0.3 is 14.8 Å². The Labute approximate surface area is 113 Å². The zero-order valence-electron chi connectivity index (χ0n) is 11.0. The Morgan fingerprint density at radius 3 is 2.89 bits per heavy atom. The van der Waals surface area contributed by atoms with E-state index >= 15 is 0 Å². The molecule has 0 bridgehead atoms. The number of carbonyl (C=O) groups excluding carboxylic acids is 2. The van der Waals surface area contributed by atoms with E-state index in [0.29, 0.717) is 13.0 Å². The van der Waals surface area contributed by atoms with E-state index in [1.54, 1.807) is 11.1 Å². The predicted octanol–water partition coefficient (Wildman–Crippen LogP) is -0.109. The van der Waals surface area contributed by atoms with Crippen molar-refractivity contribution in [1.82, 2.24) is 20.2 Å². The average Bonchev–Trinajstić information content (AvgIpc) is 3.09. The summed E-state index contributed by atoms with van der Waals surface area (Å²) in [7, 11) is 0. The van der Waals surface area contributed by atoms with Crippen LogP contribution < -0.4 is 5.43 Å². The molecule has 0 saturated carbocycles. The minimum absolute atomic E-state index is 0.0908. The molecule has 0 aromatic carbocycles. The molecule has 1 N–H and O–H groups in total. The van der Waals surface area contributed by atoms with Gasteiger partial charge in [-0.3, -0.25) is 9.59 Å². The molecule has 19 heavy (non-hydrogen) atoms. The van der Waals surface area contributed by atoms with Crippen molar-refractivity contribution in [2.24, 2.45) is 0 Å². The van der Waals surface area contributed by atoms with Crippen LogP contribution in [0.3, 0.4) is 0 Å². The molecular formula is C13H20N4O2. The molecule has 0 aromatic rings. The topological polar surface area (TPSA) is 55.9 Å². The van der Waals surface area contributed by atoms with Gasteiger partial charge in [-0.15, -0.1) is 0 Å². The van der Waals surface area contributed by atoms with E-state index in [2.05, 4.69) is 5.43 Å². The highest BCUT2D eigenvalue weighted by atomic mass is 16.2. The SMILES string of the molecule is O=C1C2CCNN2C=CN1CCC(=O)N1CCCC1. The molecule has 0 spiro atoms. The van der Waals surface area contributed by atoms with E-state index in [-0.39, 0.29) is 17.9 Å². The molecule has 0 aliphatic carbocycles. The van der Waals surface area contributed by atoms with Gasteiger partial charge in [-0.25, -0.2) is 5.43 Å². The zero-order chi connectivity index (χ0) is 13.2. The molecule has 3 heterocycles. The maximum atomic E-state index is 12.2. The van der Waals surface area contributed by atoms with Crippen LogP contribution in [0, 0.1) is 0 Å². The highest BCUT2D eigenvalue weighted by Gasteiger charge is 2.34. The van der Waals surface area contributed by atoms with E-state index < -0.39 is 0 Å². The third kappa shape index (κ3) is 2.45. The lowest BCUT2D eigenvalue weighted by Crippen LogP contribution is -2.48. The Morgan fingerprint density at radius 1 is 1.32 bits per heavy atom. The Hall–Kier alpha value is -1.56. The first-order valence-electron chi connectivity index (χ1n) is 7.04. The number of hydrazine groups is 1. The molecule has 3 aliphatic rings. The van der Waals surface area contributed by atoms with E-state index in [1.807, 2.05) is 16.1 Å². The zero-order valence-corrected chi connectivity index (χ0v) is 11.0. The molecule has 104 valence electrons. The van der Waals surface area contributed by atoms with Crippen LogP contribution in [0.2, 0.25) is 0 Å². The number of rotatable bonds is 3. The molecule has 1 atom stereocenters. The normalized spacial score (nSPS) is 26.2. The van der Waals surface area contributed by atoms with Crippen LogP contribution in [-0.2, 0) is 9.59 Å². The summed E-state index contributed by atoms with van der Waals surface area (Å²) < 4.78 is 0. The molecule has 2 saturated heterocycles. The fraction of sp³-hybridized carbons (Fsp3) is 0.692. The Bertz CT molecular complexity index is 403. The van der Waals surface area contributed by atoms with E-state index in [9.17, 15) is 9.59 Å². The molecule has 3 rings (SSSR count). The average molecular weight is 264 g/mol. The van der Waals surface area contributed by atoms with Crippen molar-refractivity contribution in [3.8, 4) is 0 Å². The van der Waals surface area contributed by atoms with Gasteiger partial charge >= 0.3 is 0 Å². The van der Waals surface area contributed by atoms with Gasteiger partial charge in [-0.1, -0.05) is 0 Å².